The molecule has 1 rings (SSSR count). The van der Waals surface area contributed by atoms with E-state index in [-0.39, 0.29) is 11.9 Å². The van der Waals surface area contributed by atoms with Crippen LogP contribution in [0.15, 0.2) is 18.2 Å². The van der Waals surface area contributed by atoms with Crippen molar-refractivity contribution >= 4 is 29.1 Å². The molecule has 0 saturated carbocycles. The fraction of sp³-hybridized carbons (Fsp3) is 0.500. The first-order valence-electron chi connectivity index (χ1n) is 6.34. The Balaban J connectivity index is 2.58. The summed E-state index contributed by atoms with van der Waals surface area (Å²) in [6.07, 6.45) is 0.485. The summed E-state index contributed by atoms with van der Waals surface area (Å²) in [5, 5.41) is 4.40. The zero-order valence-electron chi connectivity index (χ0n) is 11.5. The van der Waals surface area contributed by atoms with Gasteiger partial charge in [-0.2, -0.15) is 0 Å². The second kappa shape index (κ2) is 7.73. The van der Waals surface area contributed by atoms with Crippen LogP contribution in [0.2, 0.25) is 10.0 Å². The van der Waals surface area contributed by atoms with Crippen molar-refractivity contribution in [2.75, 3.05) is 13.6 Å². The summed E-state index contributed by atoms with van der Waals surface area (Å²) in [5.74, 6) is 0.101. The molecule has 3 nitrogen and oxygen atoms in total. The molecular weight excluding hydrogens is 283 g/mol. The van der Waals surface area contributed by atoms with Crippen LogP contribution in [-0.2, 0) is 11.3 Å². The van der Waals surface area contributed by atoms with Crippen LogP contribution in [0.5, 0.6) is 0 Å². The summed E-state index contributed by atoms with van der Waals surface area (Å²) in [4.78, 5) is 13.7. The van der Waals surface area contributed by atoms with E-state index in [0.717, 1.165) is 12.1 Å². The molecule has 19 heavy (non-hydrogen) atoms. The van der Waals surface area contributed by atoms with Crippen LogP contribution < -0.4 is 5.32 Å². The predicted molar refractivity (Wildman–Crippen MR) is 80.7 cm³/mol. The molecule has 1 aromatic carbocycles. The summed E-state index contributed by atoms with van der Waals surface area (Å²) in [7, 11) is 1.79. The maximum atomic E-state index is 12.0. The third-order valence-electron chi connectivity index (χ3n) is 2.80. The third kappa shape index (κ3) is 5.81. The highest BCUT2D eigenvalue weighted by Crippen LogP contribution is 2.20. The Bertz CT molecular complexity index is 417. The van der Waals surface area contributed by atoms with Gasteiger partial charge in [-0.25, -0.2) is 0 Å². The standard InChI is InChI=1S/C14H20Cl2N2O/c1-4-17-10(2)5-14(19)18(3)9-11-6-12(15)8-13(16)7-11/h6-8,10,17H,4-5,9H2,1-3H3. The lowest BCUT2D eigenvalue weighted by Crippen LogP contribution is -2.34. The fourth-order valence-electron chi connectivity index (χ4n) is 1.90. The summed E-state index contributed by atoms with van der Waals surface area (Å²) in [5.41, 5.74) is 0.935. The largest absolute Gasteiger partial charge is 0.341 e. The number of benzene rings is 1. The Morgan fingerprint density at radius 2 is 1.89 bits per heavy atom. The highest BCUT2D eigenvalue weighted by Gasteiger charge is 2.13. The van der Waals surface area contributed by atoms with Gasteiger partial charge in [0.05, 0.1) is 0 Å². The van der Waals surface area contributed by atoms with Crippen molar-refractivity contribution in [2.45, 2.75) is 32.9 Å². The molecule has 0 aliphatic rings. The lowest BCUT2D eigenvalue weighted by molar-refractivity contribution is -0.130. The molecule has 0 radical (unpaired) electrons. The third-order valence-corrected chi connectivity index (χ3v) is 3.24. The zero-order chi connectivity index (χ0) is 14.4. The number of halogens is 2. The number of rotatable bonds is 6. The van der Waals surface area contributed by atoms with E-state index in [1.54, 1.807) is 18.0 Å². The lowest BCUT2D eigenvalue weighted by atomic mass is 10.2. The maximum absolute atomic E-state index is 12.0. The first kappa shape index (κ1) is 16.3. The monoisotopic (exact) mass is 302 g/mol. The Labute approximate surface area is 124 Å². The number of amides is 1. The van der Waals surface area contributed by atoms with Gasteiger partial charge in [0.15, 0.2) is 0 Å². The van der Waals surface area contributed by atoms with Crippen molar-refractivity contribution in [1.29, 1.82) is 0 Å². The van der Waals surface area contributed by atoms with Gasteiger partial charge < -0.3 is 10.2 Å². The average Bonchev–Trinajstić information content (AvgIpc) is 2.27. The van der Waals surface area contributed by atoms with Crippen LogP contribution in [0, 0.1) is 0 Å². The number of hydrogen-bond acceptors (Lipinski definition) is 2. The Kier molecular flexibility index (Phi) is 6.63. The van der Waals surface area contributed by atoms with E-state index in [1.165, 1.54) is 0 Å². The molecule has 1 N–H and O–H groups in total. The fourth-order valence-corrected chi connectivity index (χ4v) is 2.47. The van der Waals surface area contributed by atoms with Crippen molar-refractivity contribution in [3.05, 3.63) is 33.8 Å². The molecule has 1 atom stereocenters. The van der Waals surface area contributed by atoms with Gasteiger partial charge in [-0.15, -0.1) is 0 Å². The SMILES string of the molecule is CCNC(C)CC(=O)N(C)Cc1cc(Cl)cc(Cl)c1. The molecule has 0 bridgehead atoms. The Hall–Kier alpha value is -0.770. The van der Waals surface area contributed by atoms with E-state index in [9.17, 15) is 4.79 Å². The smallest absolute Gasteiger partial charge is 0.224 e. The van der Waals surface area contributed by atoms with Crippen LogP contribution >= 0.6 is 23.2 Å². The van der Waals surface area contributed by atoms with E-state index in [4.69, 9.17) is 23.2 Å². The van der Waals surface area contributed by atoms with Gasteiger partial charge in [0.1, 0.15) is 0 Å². The zero-order valence-corrected chi connectivity index (χ0v) is 13.1. The molecule has 1 aromatic rings. The number of hydrogen-bond donors (Lipinski definition) is 1. The van der Waals surface area contributed by atoms with E-state index in [1.807, 2.05) is 26.0 Å². The van der Waals surface area contributed by atoms with Gasteiger partial charge in [0.25, 0.3) is 0 Å². The summed E-state index contributed by atoms with van der Waals surface area (Å²) < 4.78 is 0. The second-order valence-corrected chi connectivity index (χ2v) is 5.56. The van der Waals surface area contributed by atoms with Crippen molar-refractivity contribution in [1.82, 2.24) is 10.2 Å². The van der Waals surface area contributed by atoms with Crippen molar-refractivity contribution in [3.63, 3.8) is 0 Å². The minimum absolute atomic E-state index is 0.101. The first-order chi connectivity index (χ1) is 8.92. The Morgan fingerprint density at radius 1 is 1.32 bits per heavy atom. The van der Waals surface area contributed by atoms with Crippen LogP contribution in [0.25, 0.3) is 0 Å². The predicted octanol–water partition coefficient (Wildman–Crippen LogP) is 3.34. The van der Waals surface area contributed by atoms with Crippen LogP contribution in [0.4, 0.5) is 0 Å². The molecule has 1 amide bonds. The average molecular weight is 303 g/mol. The van der Waals surface area contributed by atoms with Crippen LogP contribution in [0.1, 0.15) is 25.8 Å². The summed E-state index contributed by atoms with van der Waals surface area (Å²) in [6, 6.07) is 5.51. The van der Waals surface area contributed by atoms with E-state index in [2.05, 4.69) is 5.32 Å². The Morgan fingerprint density at radius 3 is 2.42 bits per heavy atom. The van der Waals surface area contributed by atoms with Gasteiger partial charge in [-0.3, -0.25) is 4.79 Å². The van der Waals surface area contributed by atoms with Gasteiger partial charge >= 0.3 is 0 Å². The van der Waals surface area contributed by atoms with Gasteiger partial charge in [-0.1, -0.05) is 30.1 Å². The van der Waals surface area contributed by atoms with Gasteiger partial charge in [-0.05, 0) is 37.2 Å². The molecule has 106 valence electrons. The normalized spacial score (nSPS) is 12.3. The van der Waals surface area contributed by atoms with Crippen molar-refractivity contribution in [3.8, 4) is 0 Å². The van der Waals surface area contributed by atoms with Gasteiger partial charge in [0.2, 0.25) is 5.91 Å². The molecule has 0 heterocycles. The molecule has 0 aliphatic carbocycles. The number of carbonyl (C=O) groups is 1. The highest BCUT2D eigenvalue weighted by atomic mass is 35.5. The number of nitrogens with zero attached hydrogens (tertiary/aromatic N) is 1. The number of nitrogens with one attached hydrogen (secondary N) is 1. The molecular formula is C14H20Cl2N2O. The van der Waals surface area contributed by atoms with Crippen molar-refractivity contribution in [2.24, 2.45) is 0 Å². The van der Waals surface area contributed by atoms with Crippen LogP contribution in [0.3, 0.4) is 0 Å². The molecule has 0 saturated heterocycles. The van der Waals surface area contributed by atoms with Gasteiger partial charge in [0, 0.05) is 36.1 Å². The molecule has 1 unspecified atom stereocenters. The molecule has 0 fully saturated rings. The van der Waals surface area contributed by atoms with E-state index >= 15 is 0 Å². The summed E-state index contributed by atoms with van der Waals surface area (Å²) in [6.45, 7) is 5.41. The highest BCUT2D eigenvalue weighted by molar-refractivity contribution is 6.34. The minimum Gasteiger partial charge on any atom is -0.341 e. The molecule has 0 spiro atoms. The second-order valence-electron chi connectivity index (χ2n) is 4.69. The molecule has 5 heteroatoms. The summed E-state index contributed by atoms with van der Waals surface area (Å²) >= 11 is 11.9. The molecule has 0 aliphatic heterocycles. The minimum atomic E-state index is 0.101. The van der Waals surface area contributed by atoms with Crippen LogP contribution in [-0.4, -0.2) is 30.4 Å². The lowest BCUT2D eigenvalue weighted by Gasteiger charge is -2.20. The topological polar surface area (TPSA) is 32.3 Å². The first-order valence-corrected chi connectivity index (χ1v) is 7.10. The molecule has 0 aromatic heterocycles. The van der Waals surface area contributed by atoms with E-state index < -0.39 is 0 Å². The van der Waals surface area contributed by atoms with E-state index in [0.29, 0.717) is 23.0 Å². The quantitative estimate of drug-likeness (QED) is 0.874. The maximum Gasteiger partial charge on any atom is 0.224 e. The van der Waals surface area contributed by atoms with Crippen molar-refractivity contribution < 1.29 is 4.79 Å². The number of carbonyl (C=O) groups excluding carboxylic acids is 1.